The van der Waals surface area contributed by atoms with Gasteiger partial charge in [0, 0.05) is 22.4 Å². The molecule has 1 aliphatic rings. The minimum atomic E-state index is -1.14. The predicted octanol–water partition coefficient (Wildman–Crippen LogP) is 3.67. The highest BCUT2D eigenvalue weighted by molar-refractivity contribution is 7.19. The molecule has 4 atom stereocenters. The number of thiophene rings is 1. The summed E-state index contributed by atoms with van der Waals surface area (Å²) in [5.41, 5.74) is 1.10. The molecule has 1 aliphatic heterocycles. The van der Waals surface area contributed by atoms with E-state index in [2.05, 4.69) is 18.7 Å². The van der Waals surface area contributed by atoms with Crippen LogP contribution in [0.2, 0.25) is 0 Å². The summed E-state index contributed by atoms with van der Waals surface area (Å²) >= 11 is 1.66. The molecule has 28 heavy (non-hydrogen) atoms. The maximum Gasteiger partial charge on any atom is 0.122 e. The maximum atomic E-state index is 14.5. The molecule has 3 rings (SSSR count). The predicted molar refractivity (Wildman–Crippen MR) is 110 cm³/mol. The lowest BCUT2D eigenvalue weighted by Gasteiger charge is -2.36. The smallest absolute Gasteiger partial charge is 0.122 e. The molecule has 0 bridgehead atoms. The fourth-order valence-electron chi connectivity index (χ4n) is 3.24. The molecule has 1 aromatic carbocycles. The molecule has 6 heteroatoms. The number of benzene rings is 1. The van der Waals surface area contributed by atoms with Crippen LogP contribution in [0.3, 0.4) is 0 Å². The van der Waals surface area contributed by atoms with Crippen molar-refractivity contribution in [3.8, 4) is 0 Å². The minimum absolute atomic E-state index is 0.146. The van der Waals surface area contributed by atoms with E-state index in [9.17, 15) is 19.7 Å². The van der Waals surface area contributed by atoms with E-state index in [1.807, 2.05) is 18.2 Å². The van der Waals surface area contributed by atoms with Crippen LogP contribution in [0.25, 0.3) is 10.1 Å². The average molecular weight is 405 g/mol. The zero-order valence-electron chi connectivity index (χ0n) is 15.7. The summed E-state index contributed by atoms with van der Waals surface area (Å²) < 4.78 is 21.3. The molecule has 1 fully saturated rings. The van der Waals surface area contributed by atoms with Crippen molar-refractivity contribution in [2.24, 2.45) is 0 Å². The van der Waals surface area contributed by atoms with Crippen LogP contribution in [0.15, 0.2) is 66.0 Å². The third-order valence-electron chi connectivity index (χ3n) is 4.93. The highest BCUT2D eigenvalue weighted by Gasteiger charge is 2.36. The lowest BCUT2D eigenvalue weighted by Crippen LogP contribution is -2.50. The van der Waals surface area contributed by atoms with E-state index in [1.165, 1.54) is 16.9 Å². The summed E-state index contributed by atoms with van der Waals surface area (Å²) in [4.78, 5) is 1.10. The van der Waals surface area contributed by atoms with Gasteiger partial charge in [-0.05, 0) is 41.7 Å². The number of aliphatic hydroxyl groups is 3. The molecule has 0 amide bonds. The Morgan fingerprint density at radius 2 is 2.07 bits per heavy atom. The Morgan fingerprint density at radius 3 is 2.79 bits per heavy atom. The Kier molecular flexibility index (Phi) is 6.80. The van der Waals surface area contributed by atoms with Gasteiger partial charge in [0.25, 0.3) is 0 Å². The SMILES string of the molecule is C=C(/C=C\C(F)=C(/C)Cc1cc2ccccc2s1)[C@H]1C[C@@H](O)[C@H](O)C(CO)O1. The molecule has 0 aliphatic carbocycles. The fraction of sp³-hybridized carbons (Fsp3) is 0.364. The summed E-state index contributed by atoms with van der Waals surface area (Å²) in [7, 11) is 0. The van der Waals surface area contributed by atoms with Crippen LogP contribution < -0.4 is 0 Å². The van der Waals surface area contributed by atoms with Crippen LogP contribution in [0.4, 0.5) is 4.39 Å². The zero-order chi connectivity index (χ0) is 20.3. The summed E-state index contributed by atoms with van der Waals surface area (Å²) in [5, 5.41) is 30.1. The van der Waals surface area contributed by atoms with Gasteiger partial charge in [0.1, 0.15) is 18.0 Å². The third kappa shape index (κ3) is 4.77. The number of ether oxygens (including phenoxy) is 1. The number of halogens is 1. The lowest BCUT2D eigenvalue weighted by molar-refractivity contribution is -0.169. The average Bonchev–Trinajstić information content (AvgIpc) is 3.09. The number of allylic oxidation sites excluding steroid dienone is 3. The van der Waals surface area contributed by atoms with Crippen LogP contribution in [0.5, 0.6) is 0 Å². The summed E-state index contributed by atoms with van der Waals surface area (Å²) in [6, 6.07) is 10.2. The molecule has 1 saturated heterocycles. The standard InChI is InChI=1S/C22H25FO4S/c1-13(19-11-18(25)22(26)20(12-24)27-19)7-8-17(23)14(2)9-16-10-15-5-3-4-6-21(15)28-16/h3-8,10,18-20,22,24-26H,1,9,11-12H2,2H3/b8-7-,17-14-/t18-,19-,20?,22+/m1/s1. The fourth-order valence-corrected chi connectivity index (χ4v) is 4.39. The first-order valence-electron chi connectivity index (χ1n) is 9.21. The van der Waals surface area contributed by atoms with Crippen LogP contribution in [0, 0.1) is 0 Å². The Labute approximate surface area is 167 Å². The third-order valence-corrected chi connectivity index (χ3v) is 6.05. The van der Waals surface area contributed by atoms with E-state index in [-0.39, 0.29) is 12.2 Å². The second-order valence-electron chi connectivity index (χ2n) is 7.10. The largest absolute Gasteiger partial charge is 0.394 e. The second kappa shape index (κ2) is 9.11. The Hall–Kier alpha value is -1.83. The van der Waals surface area contributed by atoms with Crippen molar-refractivity contribution in [3.63, 3.8) is 0 Å². The van der Waals surface area contributed by atoms with Gasteiger partial charge in [-0.1, -0.05) is 30.9 Å². The molecule has 0 saturated carbocycles. The first-order chi connectivity index (χ1) is 13.4. The van der Waals surface area contributed by atoms with Crippen LogP contribution in [-0.2, 0) is 11.2 Å². The number of fused-ring (bicyclic) bond motifs is 1. The van der Waals surface area contributed by atoms with Crippen molar-refractivity contribution in [3.05, 3.63) is 70.9 Å². The second-order valence-corrected chi connectivity index (χ2v) is 8.27. The number of aliphatic hydroxyl groups excluding tert-OH is 3. The maximum absolute atomic E-state index is 14.5. The first-order valence-corrected chi connectivity index (χ1v) is 10.0. The van der Waals surface area contributed by atoms with Gasteiger partial charge in [0.2, 0.25) is 0 Å². The highest BCUT2D eigenvalue weighted by atomic mass is 32.1. The van der Waals surface area contributed by atoms with Crippen molar-refractivity contribution >= 4 is 21.4 Å². The van der Waals surface area contributed by atoms with Gasteiger partial charge >= 0.3 is 0 Å². The van der Waals surface area contributed by atoms with Crippen molar-refractivity contribution < 1.29 is 24.4 Å². The first kappa shape index (κ1) is 20.9. The number of hydrogen-bond acceptors (Lipinski definition) is 5. The van der Waals surface area contributed by atoms with Gasteiger partial charge in [-0.2, -0.15) is 0 Å². The summed E-state index contributed by atoms with van der Waals surface area (Å²) in [6.45, 7) is 5.22. The number of hydrogen-bond donors (Lipinski definition) is 3. The van der Waals surface area contributed by atoms with Crippen molar-refractivity contribution in [1.82, 2.24) is 0 Å². The van der Waals surface area contributed by atoms with Crippen LogP contribution >= 0.6 is 11.3 Å². The van der Waals surface area contributed by atoms with E-state index < -0.39 is 31.0 Å². The zero-order valence-corrected chi connectivity index (χ0v) is 16.5. The van der Waals surface area contributed by atoms with Crippen molar-refractivity contribution in [1.29, 1.82) is 0 Å². The molecular formula is C22H25FO4S. The molecule has 1 aromatic heterocycles. The minimum Gasteiger partial charge on any atom is -0.394 e. The normalized spacial score (nSPS) is 26.6. The van der Waals surface area contributed by atoms with Crippen molar-refractivity contribution in [2.75, 3.05) is 6.61 Å². The summed E-state index contributed by atoms with van der Waals surface area (Å²) in [5.74, 6) is -0.339. The summed E-state index contributed by atoms with van der Waals surface area (Å²) in [6.07, 6.45) is -0.0786. The Morgan fingerprint density at radius 1 is 1.32 bits per heavy atom. The Bertz CT molecular complexity index is 868. The van der Waals surface area contributed by atoms with E-state index in [0.29, 0.717) is 17.6 Å². The molecule has 2 heterocycles. The van der Waals surface area contributed by atoms with E-state index in [0.717, 1.165) is 10.3 Å². The van der Waals surface area contributed by atoms with Crippen LogP contribution in [-0.4, -0.2) is 46.3 Å². The van der Waals surface area contributed by atoms with Gasteiger partial charge in [0.15, 0.2) is 0 Å². The highest BCUT2D eigenvalue weighted by Crippen LogP contribution is 2.29. The number of rotatable bonds is 6. The molecule has 0 radical (unpaired) electrons. The molecule has 4 nitrogen and oxygen atoms in total. The molecule has 0 spiro atoms. The topological polar surface area (TPSA) is 69.9 Å². The molecule has 1 unspecified atom stereocenters. The van der Waals surface area contributed by atoms with Gasteiger partial charge in [-0.15, -0.1) is 11.3 Å². The van der Waals surface area contributed by atoms with E-state index in [4.69, 9.17) is 4.74 Å². The van der Waals surface area contributed by atoms with E-state index in [1.54, 1.807) is 18.3 Å². The van der Waals surface area contributed by atoms with Gasteiger partial charge in [0.05, 0.1) is 18.8 Å². The molecule has 150 valence electrons. The molecule has 2 aromatic rings. The Balaban J connectivity index is 1.65. The molecule has 3 N–H and O–H groups in total. The van der Waals surface area contributed by atoms with Gasteiger partial charge in [-0.25, -0.2) is 4.39 Å². The van der Waals surface area contributed by atoms with Crippen LogP contribution in [0.1, 0.15) is 18.2 Å². The van der Waals surface area contributed by atoms with Crippen molar-refractivity contribution in [2.45, 2.75) is 44.2 Å². The lowest BCUT2D eigenvalue weighted by atomic mass is 9.94. The quantitative estimate of drug-likeness (QED) is 0.643. The molecular weight excluding hydrogens is 379 g/mol. The van der Waals surface area contributed by atoms with Gasteiger partial charge < -0.3 is 20.1 Å². The monoisotopic (exact) mass is 404 g/mol. The van der Waals surface area contributed by atoms with Gasteiger partial charge in [-0.3, -0.25) is 0 Å². The van der Waals surface area contributed by atoms with E-state index >= 15 is 0 Å².